The molecule has 140 valence electrons. The Morgan fingerprint density at radius 2 is 1.70 bits per heavy atom. The van der Waals surface area contributed by atoms with Gasteiger partial charge in [-0.05, 0) is 30.8 Å². The Bertz CT molecular complexity index is 914. The summed E-state index contributed by atoms with van der Waals surface area (Å²) >= 11 is 5.68. The Labute approximate surface area is 163 Å². The van der Waals surface area contributed by atoms with Crippen LogP contribution in [0.15, 0.2) is 55.1 Å². The number of rotatable bonds is 5. The highest BCUT2D eigenvalue weighted by Gasteiger charge is 2.20. The van der Waals surface area contributed by atoms with Crippen molar-refractivity contribution in [3.05, 3.63) is 65.5 Å². The number of hydrogen-bond acceptors (Lipinski definition) is 6. The van der Waals surface area contributed by atoms with Crippen LogP contribution in [0.1, 0.15) is 18.5 Å². The third-order valence-electron chi connectivity index (χ3n) is 5.00. The molecule has 0 unspecified atom stereocenters. The van der Waals surface area contributed by atoms with Crippen molar-refractivity contribution in [1.29, 1.82) is 0 Å². The lowest BCUT2D eigenvalue weighted by Crippen LogP contribution is -2.47. The molecule has 3 heterocycles. The fourth-order valence-corrected chi connectivity index (χ4v) is 3.65. The molecule has 1 saturated heterocycles. The fourth-order valence-electron chi connectivity index (χ4n) is 3.34. The van der Waals surface area contributed by atoms with E-state index in [0.29, 0.717) is 6.67 Å². The van der Waals surface area contributed by atoms with Crippen LogP contribution < -0.4 is 4.90 Å². The number of hydrogen-bond donors (Lipinski definition) is 0. The first-order valence-electron chi connectivity index (χ1n) is 9.15. The molecule has 1 fully saturated rings. The summed E-state index contributed by atoms with van der Waals surface area (Å²) in [6.45, 7) is 6.52. The maximum Gasteiger partial charge on any atom is 0.225 e. The number of aromatic nitrogens is 5. The molecule has 0 N–H and O–H groups in total. The first-order valence-corrected chi connectivity index (χ1v) is 9.56. The first-order chi connectivity index (χ1) is 13.2. The smallest absolute Gasteiger partial charge is 0.225 e. The van der Waals surface area contributed by atoms with Crippen molar-refractivity contribution >= 4 is 18.2 Å². The molecule has 0 saturated carbocycles. The molecule has 4 rings (SSSR count). The van der Waals surface area contributed by atoms with Crippen LogP contribution in [0.2, 0.25) is 0 Å². The maximum absolute atomic E-state index is 5.68. The van der Waals surface area contributed by atoms with Gasteiger partial charge in [0.15, 0.2) is 4.77 Å². The first kappa shape index (κ1) is 17.8. The number of nitrogens with zero attached hydrogens (tertiary/aromatic N) is 7. The molecule has 0 bridgehead atoms. The minimum Gasteiger partial charge on any atom is -0.338 e. The van der Waals surface area contributed by atoms with Gasteiger partial charge in [0.1, 0.15) is 6.33 Å². The molecular weight excluding hydrogens is 358 g/mol. The van der Waals surface area contributed by atoms with Gasteiger partial charge in [0, 0.05) is 38.6 Å². The SMILES string of the molecule is C[C@@H](c1ccccc1)n1cnn(CN2CCN(c3ncccn3)CC2)c1=S. The molecule has 1 aliphatic rings. The van der Waals surface area contributed by atoms with Gasteiger partial charge < -0.3 is 4.90 Å². The largest absolute Gasteiger partial charge is 0.338 e. The van der Waals surface area contributed by atoms with E-state index in [1.807, 2.05) is 23.1 Å². The molecular formula is C19H23N7S. The summed E-state index contributed by atoms with van der Waals surface area (Å²) in [4.78, 5) is 13.2. The van der Waals surface area contributed by atoms with E-state index in [2.05, 4.69) is 60.6 Å². The zero-order valence-corrected chi connectivity index (χ0v) is 16.2. The second-order valence-electron chi connectivity index (χ2n) is 6.70. The third-order valence-corrected chi connectivity index (χ3v) is 5.42. The zero-order chi connectivity index (χ0) is 18.6. The van der Waals surface area contributed by atoms with Crippen molar-refractivity contribution in [3.63, 3.8) is 0 Å². The summed E-state index contributed by atoms with van der Waals surface area (Å²) in [6, 6.07) is 12.4. The second-order valence-corrected chi connectivity index (χ2v) is 7.07. The molecule has 27 heavy (non-hydrogen) atoms. The van der Waals surface area contributed by atoms with Crippen LogP contribution in [-0.4, -0.2) is 55.4 Å². The van der Waals surface area contributed by atoms with Crippen LogP contribution >= 0.6 is 12.2 Å². The van der Waals surface area contributed by atoms with Gasteiger partial charge in [-0.2, -0.15) is 5.10 Å². The fraction of sp³-hybridized carbons (Fsp3) is 0.368. The van der Waals surface area contributed by atoms with Gasteiger partial charge in [0.25, 0.3) is 0 Å². The lowest BCUT2D eigenvalue weighted by molar-refractivity contribution is 0.193. The van der Waals surface area contributed by atoms with Gasteiger partial charge >= 0.3 is 0 Å². The number of anilines is 1. The van der Waals surface area contributed by atoms with E-state index in [-0.39, 0.29) is 6.04 Å². The van der Waals surface area contributed by atoms with Gasteiger partial charge in [0.2, 0.25) is 5.95 Å². The van der Waals surface area contributed by atoms with E-state index < -0.39 is 0 Å². The molecule has 1 aromatic carbocycles. The van der Waals surface area contributed by atoms with Crippen LogP contribution in [0.3, 0.4) is 0 Å². The summed E-state index contributed by atoms with van der Waals surface area (Å²) in [5.41, 5.74) is 1.23. The molecule has 1 atom stereocenters. The van der Waals surface area contributed by atoms with Gasteiger partial charge in [0.05, 0.1) is 12.7 Å². The molecule has 0 amide bonds. The average Bonchev–Trinajstić information content (AvgIpc) is 3.09. The summed E-state index contributed by atoms with van der Waals surface area (Å²) in [5.74, 6) is 0.801. The standard InChI is InChI=1S/C19H23N7S/c1-16(17-6-3-2-4-7-17)25-14-22-26(19(25)27)15-23-10-12-24(13-11-23)18-20-8-5-9-21-18/h2-9,14,16H,10-13,15H2,1H3/t16-/m0/s1. The Kier molecular flexibility index (Phi) is 5.26. The van der Waals surface area contributed by atoms with Gasteiger partial charge in [-0.3, -0.25) is 9.47 Å². The van der Waals surface area contributed by atoms with Crippen LogP contribution in [0.25, 0.3) is 0 Å². The van der Waals surface area contributed by atoms with Crippen molar-refractivity contribution in [3.8, 4) is 0 Å². The topological polar surface area (TPSA) is 55.0 Å². The minimum atomic E-state index is 0.166. The second kappa shape index (κ2) is 7.98. The molecule has 0 radical (unpaired) electrons. The van der Waals surface area contributed by atoms with E-state index in [1.165, 1.54) is 5.56 Å². The van der Waals surface area contributed by atoms with Crippen molar-refractivity contribution < 1.29 is 0 Å². The van der Waals surface area contributed by atoms with Crippen LogP contribution in [0.4, 0.5) is 5.95 Å². The average molecular weight is 382 g/mol. The van der Waals surface area contributed by atoms with Crippen LogP contribution in [-0.2, 0) is 6.67 Å². The molecule has 2 aromatic heterocycles. The summed E-state index contributed by atoms with van der Waals surface area (Å²) in [5, 5.41) is 4.53. The highest BCUT2D eigenvalue weighted by atomic mass is 32.1. The van der Waals surface area contributed by atoms with E-state index >= 15 is 0 Å². The molecule has 8 heteroatoms. The maximum atomic E-state index is 5.68. The zero-order valence-electron chi connectivity index (χ0n) is 15.3. The summed E-state index contributed by atoms with van der Waals surface area (Å²) in [7, 11) is 0. The van der Waals surface area contributed by atoms with Gasteiger partial charge in [-0.25, -0.2) is 14.6 Å². The summed E-state index contributed by atoms with van der Waals surface area (Å²) < 4.78 is 4.71. The highest BCUT2D eigenvalue weighted by Crippen LogP contribution is 2.18. The lowest BCUT2D eigenvalue weighted by Gasteiger charge is -2.34. The Morgan fingerprint density at radius 1 is 1.00 bits per heavy atom. The molecule has 1 aliphatic heterocycles. The molecule has 0 aliphatic carbocycles. The Morgan fingerprint density at radius 3 is 2.41 bits per heavy atom. The van der Waals surface area contributed by atoms with Crippen molar-refractivity contribution in [1.82, 2.24) is 29.2 Å². The Hall–Kier alpha value is -2.58. The van der Waals surface area contributed by atoms with E-state index in [9.17, 15) is 0 Å². The third kappa shape index (κ3) is 3.91. The van der Waals surface area contributed by atoms with Crippen molar-refractivity contribution in [2.24, 2.45) is 0 Å². The number of piperazine rings is 1. The Balaban J connectivity index is 1.40. The number of benzene rings is 1. The van der Waals surface area contributed by atoms with Gasteiger partial charge in [-0.15, -0.1) is 0 Å². The quantitative estimate of drug-likeness (QED) is 0.633. The van der Waals surface area contributed by atoms with E-state index in [0.717, 1.165) is 36.9 Å². The normalized spacial score (nSPS) is 16.4. The highest BCUT2D eigenvalue weighted by molar-refractivity contribution is 7.71. The van der Waals surface area contributed by atoms with Crippen LogP contribution in [0.5, 0.6) is 0 Å². The van der Waals surface area contributed by atoms with Crippen molar-refractivity contribution in [2.45, 2.75) is 19.6 Å². The lowest BCUT2D eigenvalue weighted by atomic mass is 10.1. The van der Waals surface area contributed by atoms with Gasteiger partial charge in [-0.1, -0.05) is 30.3 Å². The monoisotopic (exact) mass is 381 g/mol. The molecule has 7 nitrogen and oxygen atoms in total. The molecule has 0 spiro atoms. The minimum absolute atomic E-state index is 0.166. The summed E-state index contributed by atoms with van der Waals surface area (Å²) in [6.07, 6.45) is 5.41. The van der Waals surface area contributed by atoms with E-state index in [4.69, 9.17) is 12.2 Å². The predicted octanol–water partition coefficient (Wildman–Crippen LogP) is 2.59. The molecule has 3 aromatic rings. The predicted molar refractivity (Wildman–Crippen MR) is 107 cm³/mol. The van der Waals surface area contributed by atoms with Crippen molar-refractivity contribution in [2.75, 3.05) is 31.1 Å². The van der Waals surface area contributed by atoms with Crippen LogP contribution in [0, 0.1) is 4.77 Å². The van der Waals surface area contributed by atoms with E-state index in [1.54, 1.807) is 12.4 Å².